The van der Waals surface area contributed by atoms with Crippen molar-refractivity contribution in [2.45, 2.75) is 25.7 Å². The molecule has 16 heavy (non-hydrogen) atoms. The summed E-state index contributed by atoms with van der Waals surface area (Å²) in [5.74, 6) is -0.00951. The largest absolute Gasteiger partial charge is 0.326 e. The van der Waals surface area contributed by atoms with Gasteiger partial charge in [-0.15, -0.1) is 0 Å². The molecule has 1 aliphatic heterocycles. The third kappa shape index (κ3) is 1.75. The van der Waals surface area contributed by atoms with Crippen molar-refractivity contribution >= 4 is 23.4 Å². The lowest BCUT2D eigenvalue weighted by Crippen LogP contribution is -2.32. The molecule has 0 bridgehead atoms. The van der Waals surface area contributed by atoms with Crippen LogP contribution < -0.4 is 5.32 Å². The predicted molar refractivity (Wildman–Crippen MR) is 60.5 cm³/mol. The lowest BCUT2D eigenvalue weighted by Gasteiger charge is -2.32. The van der Waals surface area contributed by atoms with Crippen LogP contribution in [-0.4, -0.2) is 12.0 Å². The zero-order valence-electron chi connectivity index (χ0n) is 9.20. The van der Waals surface area contributed by atoms with E-state index in [4.69, 9.17) is 0 Å². The number of anilines is 1. The van der Waals surface area contributed by atoms with Crippen LogP contribution in [-0.2, 0) is 15.0 Å². The van der Waals surface area contributed by atoms with Gasteiger partial charge in [0.15, 0.2) is 0 Å². The van der Waals surface area contributed by atoms with E-state index in [9.17, 15) is 9.59 Å². The van der Waals surface area contributed by atoms with E-state index < -0.39 is 0 Å². The van der Waals surface area contributed by atoms with Crippen LogP contribution in [0.3, 0.4) is 0 Å². The van der Waals surface area contributed by atoms with Crippen molar-refractivity contribution in [3.63, 3.8) is 0 Å². The maximum atomic E-state index is 11.5. The maximum absolute atomic E-state index is 11.5. The number of carbonyl (C=O) groups is 1. The summed E-state index contributed by atoms with van der Waals surface area (Å²) < 4.78 is 0. The van der Waals surface area contributed by atoms with E-state index in [-0.39, 0.29) is 11.3 Å². The lowest BCUT2D eigenvalue weighted by atomic mass is 9.78. The van der Waals surface area contributed by atoms with E-state index in [1.165, 1.54) is 6.08 Å². The molecule has 1 aliphatic rings. The molecule has 0 fully saturated rings. The first-order valence-corrected chi connectivity index (χ1v) is 5.05. The third-order valence-corrected chi connectivity index (χ3v) is 2.78. The first-order chi connectivity index (χ1) is 7.53. The van der Waals surface area contributed by atoms with Gasteiger partial charge in [-0.3, -0.25) is 4.79 Å². The van der Waals surface area contributed by atoms with Crippen LogP contribution in [0.25, 0.3) is 0 Å². The van der Waals surface area contributed by atoms with Crippen molar-refractivity contribution in [1.82, 2.24) is 0 Å². The molecule has 0 atom stereocenters. The van der Waals surface area contributed by atoms with Gasteiger partial charge in [-0.25, -0.2) is 4.79 Å². The number of carbonyl (C=O) groups excluding carboxylic acids is 2. The van der Waals surface area contributed by atoms with Crippen molar-refractivity contribution in [2.24, 2.45) is 4.99 Å². The summed E-state index contributed by atoms with van der Waals surface area (Å²) in [5, 5.41) is 2.79. The summed E-state index contributed by atoms with van der Waals surface area (Å²) in [6.45, 7) is 4.04. The molecule has 0 spiro atoms. The van der Waals surface area contributed by atoms with Gasteiger partial charge < -0.3 is 5.32 Å². The molecule has 1 aromatic carbocycles. The van der Waals surface area contributed by atoms with Gasteiger partial charge in [-0.2, -0.15) is 4.99 Å². The van der Waals surface area contributed by atoms with Gasteiger partial charge in [0.2, 0.25) is 12.0 Å². The van der Waals surface area contributed by atoms with Crippen LogP contribution >= 0.6 is 0 Å². The summed E-state index contributed by atoms with van der Waals surface area (Å²) in [4.78, 5) is 25.2. The summed E-state index contributed by atoms with van der Waals surface area (Å²) in [5.41, 5.74) is 2.13. The highest BCUT2D eigenvalue weighted by Crippen LogP contribution is 2.38. The second-order valence-corrected chi connectivity index (χ2v) is 4.54. The first kappa shape index (κ1) is 10.6. The maximum Gasteiger partial charge on any atom is 0.240 e. The molecule has 82 valence electrons. The Morgan fingerprint density at radius 3 is 2.88 bits per heavy atom. The van der Waals surface area contributed by atoms with Crippen molar-refractivity contribution in [3.8, 4) is 0 Å². The number of aliphatic imine (C=N–C) groups is 1. The zero-order valence-corrected chi connectivity index (χ0v) is 9.20. The number of benzene rings is 1. The van der Waals surface area contributed by atoms with Gasteiger partial charge in [-0.05, 0) is 17.7 Å². The van der Waals surface area contributed by atoms with E-state index >= 15 is 0 Å². The number of nitrogens with one attached hydrogen (secondary N) is 1. The average Bonchev–Trinajstić information content (AvgIpc) is 2.15. The number of amides is 1. The fourth-order valence-electron chi connectivity index (χ4n) is 2.04. The molecule has 0 saturated carbocycles. The standard InChI is InChI=1S/C12H12N2O2/c1-12(2)6-11(16)14-10-5-8(13-7-15)3-4-9(10)12/h3-5H,6H2,1-2H3,(H,14,16). The minimum absolute atomic E-state index is 0.00951. The highest BCUT2D eigenvalue weighted by Gasteiger charge is 2.31. The van der Waals surface area contributed by atoms with Gasteiger partial charge in [0.1, 0.15) is 0 Å². The Bertz CT molecular complexity index is 500. The number of fused-ring (bicyclic) bond motifs is 1. The van der Waals surface area contributed by atoms with Crippen molar-refractivity contribution in [2.75, 3.05) is 5.32 Å². The molecule has 0 radical (unpaired) electrons. The summed E-state index contributed by atoms with van der Waals surface area (Å²) in [7, 11) is 0. The molecule has 4 nitrogen and oxygen atoms in total. The zero-order chi connectivity index (χ0) is 11.8. The van der Waals surface area contributed by atoms with E-state index in [0.29, 0.717) is 12.1 Å². The van der Waals surface area contributed by atoms with Gasteiger partial charge in [-0.1, -0.05) is 19.9 Å². The highest BCUT2D eigenvalue weighted by molar-refractivity contribution is 5.96. The fourth-order valence-corrected chi connectivity index (χ4v) is 2.04. The molecule has 1 heterocycles. The Balaban J connectivity index is 2.54. The minimum Gasteiger partial charge on any atom is -0.326 e. The van der Waals surface area contributed by atoms with Crippen LogP contribution in [0.5, 0.6) is 0 Å². The van der Waals surface area contributed by atoms with Gasteiger partial charge >= 0.3 is 0 Å². The van der Waals surface area contributed by atoms with E-state index in [1.54, 1.807) is 12.1 Å². The average molecular weight is 216 g/mol. The lowest BCUT2D eigenvalue weighted by molar-refractivity contribution is -0.117. The molecule has 0 aromatic heterocycles. The van der Waals surface area contributed by atoms with E-state index in [2.05, 4.69) is 10.3 Å². The number of hydrogen-bond donors (Lipinski definition) is 1. The van der Waals surface area contributed by atoms with Gasteiger partial charge in [0.05, 0.1) is 5.69 Å². The number of isocyanates is 1. The third-order valence-electron chi connectivity index (χ3n) is 2.78. The SMILES string of the molecule is CC1(C)CC(=O)Nc2cc(N=C=O)ccc21. The second-order valence-electron chi connectivity index (χ2n) is 4.54. The van der Waals surface area contributed by atoms with Crippen molar-refractivity contribution < 1.29 is 9.59 Å². The molecule has 0 saturated heterocycles. The molecule has 1 N–H and O–H groups in total. The Morgan fingerprint density at radius 1 is 1.44 bits per heavy atom. The summed E-state index contributed by atoms with van der Waals surface area (Å²) in [6.07, 6.45) is 1.95. The summed E-state index contributed by atoms with van der Waals surface area (Å²) >= 11 is 0. The molecular weight excluding hydrogens is 204 g/mol. The van der Waals surface area contributed by atoms with Gasteiger partial charge in [0.25, 0.3) is 0 Å². The monoisotopic (exact) mass is 216 g/mol. The van der Waals surface area contributed by atoms with Crippen molar-refractivity contribution in [3.05, 3.63) is 23.8 Å². The number of rotatable bonds is 1. The number of nitrogens with zero attached hydrogens (tertiary/aromatic N) is 1. The van der Waals surface area contributed by atoms with Crippen LogP contribution in [0.4, 0.5) is 11.4 Å². The highest BCUT2D eigenvalue weighted by atomic mass is 16.1. The van der Waals surface area contributed by atoms with Crippen LogP contribution in [0.1, 0.15) is 25.8 Å². The molecule has 0 aliphatic carbocycles. The molecule has 1 aromatic rings. The minimum atomic E-state index is -0.179. The Morgan fingerprint density at radius 2 is 2.19 bits per heavy atom. The topological polar surface area (TPSA) is 58.5 Å². The Hall–Kier alpha value is -1.93. The fraction of sp³-hybridized carbons (Fsp3) is 0.333. The van der Waals surface area contributed by atoms with Crippen LogP contribution in [0, 0.1) is 0 Å². The van der Waals surface area contributed by atoms with E-state index in [0.717, 1.165) is 11.3 Å². The van der Waals surface area contributed by atoms with Crippen LogP contribution in [0.2, 0.25) is 0 Å². The molecule has 4 heteroatoms. The molecule has 2 rings (SSSR count). The second kappa shape index (κ2) is 3.58. The number of hydrogen-bond acceptors (Lipinski definition) is 3. The quantitative estimate of drug-likeness (QED) is 0.578. The van der Waals surface area contributed by atoms with Crippen molar-refractivity contribution in [1.29, 1.82) is 0 Å². The van der Waals surface area contributed by atoms with Crippen LogP contribution in [0.15, 0.2) is 23.2 Å². The first-order valence-electron chi connectivity index (χ1n) is 5.05. The normalized spacial score (nSPS) is 17.0. The molecular formula is C12H12N2O2. The Labute approximate surface area is 93.4 Å². The molecule has 1 amide bonds. The smallest absolute Gasteiger partial charge is 0.240 e. The van der Waals surface area contributed by atoms with E-state index in [1.807, 2.05) is 19.9 Å². The van der Waals surface area contributed by atoms with Gasteiger partial charge in [0, 0.05) is 17.5 Å². The molecule has 0 unspecified atom stereocenters. The Kier molecular flexibility index (Phi) is 2.37. The predicted octanol–water partition coefficient (Wildman–Crippen LogP) is 2.27. The summed E-state index contributed by atoms with van der Waals surface area (Å²) in [6, 6.07) is 5.34.